The zero-order valence-electron chi connectivity index (χ0n) is 13.5. The van der Waals surface area contributed by atoms with Gasteiger partial charge >= 0.3 is 0 Å². The Kier molecular flexibility index (Phi) is 4.96. The van der Waals surface area contributed by atoms with Gasteiger partial charge in [-0.05, 0) is 49.3 Å². The van der Waals surface area contributed by atoms with E-state index in [2.05, 4.69) is 5.32 Å². The number of rotatable bonds is 5. The molecule has 2 amide bonds. The van der Waals surface area contributed by atoms with Crippen LogP contribution in [0.5, 0.6) is 0 Å². The van der Waals surface area contributed by atoms with E-state index in [0.717, 1.165) is 31.5 Å². The third-order valence-electron chi connectivity index (χ3n) is 4.78. The van der Waals surface area contributed by atoms with Crippen molar-refractivity contribution in [2.45, 2.75) is 32.2 Å². The minimum absolute atomic E-state index is 0.00765. The molecule has 2 fully saturated rings. The number of nitrogens with one attached hydrogen (secondary N) is 1. The van der Waals surface area contributed by atoms with E-state index in [-0.39, 0.29) is 17.7 Å². The van der Waals surface area contributed by atoms with Crippen molar-refractivity contribution in [1.82, 2.24) is 10.2 Å². The zero-order valence-corrected chi connectivity index (χ0v) is 13.5. The van der Waals surface area contributed by atoms with Crippen LogP contribution in [0, 0.1) is 11.8 Å². The average Bonchev–Trinajstić information content (AvgIpc) is 3.43. The first-order chi connectivity index (χ1) is 11.2. The minimum atomic E-state index is -0.0743. The maximum absolute atomic E-state index is 12.6. The summed E-state index contributed by atoms with van der Waals surface area (Å²) in [4.78, 5) is 26.7. The Morgan fingerprint density at radius 3 is 2.57 bits per heavy atom. The fraction of sp³-hybridized carbons (Fsp3) is 0.556. The molecule has 1 saturated carbocycles. The summed E-state index contributed by atoms with van der Waals surface area (Å²) < 4.78 is 0. The molecule has 1 aromatic rings. The van der Waals surface area contributed by atoms with Gasteiger partial charge in [0.15, 0.2) is 0 Å². The Hall–Kier alpha value is -1.88. The van der Waals surface area contributed by atoms with Crippen molar-refractivity contribution in [3.8, 4) is 0 Å². The normalized spacial score (nSPS) is 21.1. The number of benzene rings is 1. The highest BCUT2D eigenvalue weighted by Crippen LogP contribution is 2.28. The number of nitrogens with two attached hydrogens (primary N) is 1. The summed E-state index contributed by atoms with van der Waals surface area (Å²) in [5.41, 5.74) is 7.26. The van der Waals surface area contributed by atoms with Crippen LogP contribution in [0.3, 0.4) is 0 Å². The Morgan fingerprint density at radius 1 is 1.17 bits per heavy atom. The molecule has 0 radical (unpaired) electrons. The van der Waals surface area contributed by atoms with Crippen molar-refractivity contribution in [2.75, 3.05) is 19.6 Å². The molecule has 0 bridgehead atoms. The van der Waals surface area contributed by atoms with E-state index < -0.39 is 0 Å². The van der Waals surface area contributed by atoms with Crippen LogP contribution >= 0.6 is 0 Å². The number of carbonyl (C=O) groups is 2. The Morgan fingerprint density at radius 2 is 1.91 bits per heavy atom. The molecule has 1 unspecified atom stereocenters. The molecule has 3 N–H and O–H groups in total. The highest BCUT2D eigenvalue weighted by molar-refractivity contribution is 5.94. The molecule has 1 aliphatic carbocycles. The maximum atomic E-state index is 12.6. The average molecular weight is 315 g/mol. The van der Waals surface area contributed by atoms with Gasteiger partial charge in [-0.15, -0.1) is 0 Å². The fourth-order valence-electron chi connectivity index (χ4n) is 3.05. The van der Waals surface area contributed by atoms with E-state index in [1.165, 1.54) is 12.8 Å². The predicted octanol–water partition coefficient (Wildman–Crippen LogP) is 1.52. The monoisotopic (exact) mass is 315 g/mol. The Labute approximate surface area is 137 Å². The number of piperidine rings is 1. The van der Waals surface area contributed by atoms with Crippen LogP contribution in [0.15, 0.2) is 24.3 Å². The molecule has 1 heterocycles. The first-order valence-corrected chi connectivity index (χ1v) is 8.53. The van der Waals surface area contributed by atoms with Gasteiger partial charge in [-0.3, -0.25) is 9.59 Å². The Balaban J connectivity index is 1.57. The van der Waals surface area contributed by atoms with E-state index in [0.29, 0.717) is 24.6 Å². The van der Waals surface area contributed by atoms with Crippen LogP contribution in [0.25, 0.3) is 0 Å². The minimum Gasteiger partial charge on any atom is -0.356 e. The molecule has 2 aliphatic rings. The molecule has 23 heavy (non-hydrogen) atoms. The standard InChI is InChI=1S/C18H25N3O2/c19-10-13-5-7-15(8-6-13)18(23)21-9-1-2-16(12-21)17(22)20-11-14-3-4-14/h5-8,14,16H,1-4,9-12,19H2,(H,20,22). The number of carbonyl (C=O) groups excluding carboxylic acids is 2. The van der Waals surface area contributed by atoms with Crippen molar-refractivity contribution < 1.29 is 9.59 Å². The molecule has 1 aromatic carbocycles. The van der Waals surface area contributed by atoms with Crippen LogP contribution in [-0.2, 0) is 11.3 Å². The van der Waals surface area contributed by atoms with Crippen molar-refractivity contribution in [1.29, 1.82) is 0 Å². The SMILES string of the molecule is NCc1ccc(C(=O)N2CCCC(C(=O)NCC3CC3)C2)cc1. The molecule has 1 saturated heterocycles. The first-order valence-electron chi connectivity index (χ1n) is 8.53. The summed E-state index contributed by atoms with van der Waals surface area (Å²) in [6.45, 7) is 2.52. The zero-order chi connectivity index (χ0) is 16.2. The van der Waals surface area contributed by atoms with Crippen LogP contribution in [-0.4, -0.2) is 36.3 Å². The fourth-order valence-corrected chi connectivity index (χ4v) is 3.05. The van der Waals surface area contributed by atoms with Crippen molar-refractivity contribution in [2.24, 2.45) is 17.6 Å². The van der Waals surface area contributed by atoms with Gasteiger partial charge in [0.05, 0.1) is 5.92 Å². The van der Waals surface area contributed by atoms with Gasteiger partial charge in [0, 0.05) is 31.7 Å². The molecule has 3 rings (SSSR count). The lowest BCUT2D eigenvalue weighted by atomic mass is 9.96. The van der Waals surface area contributed by atoms with E-state index in [9.17, 15) is 9.59 Å². The highest BCUT2D eigenvalue weighted by Gasteiger charge is 2.30. The van der Waals surface area contributed by atoms with Crippen LogP contribution in [0.4, 0.5) is 0 Å². The van der Waals surface area contributed by atoms with Gasteiger partial charge in [0.2, 0.25) is 5.91 Å². The van der Waals surface area contributed by atoms with Gasteiger partial charge in [-0.1, -0.05) is 12.1 Å². The second kappa shape index (κ2) is 7.13. The van der Waals surface area contributed by atoms with Gasteiger partial charge in [0.25, 0.3) is 5.91 Å². The lowest BCUT2D eigenvalue weighted by Gasteiger charge is -2.32. The number of hydrogen-bond donors (Lipinski definition) is 2. The van der Waals surface area contributed by atoms with Gasteiger partial charge < -0.3 is 16.0 Å². The highest BCUT2D eigenvalue weighted by atomic mass is 16.2. The topological polar surface area (TPSA) is 75.4 Å². The molecule has 1 aliphatic heterocycles. The molecular formula is C18H25N3O2. The first kappa shape index (κ1) is 16.0. The van der Waals surface area contributed by atoms with E-state index in [1.54, 1.807) is 0 Å². The number of hydrogen-bond acceptors (Lipinski definition) is 3. The van der Waals surface area contributed by atoms with Crippen molar-refractivity contribution in [3.05, 3.63) is 35.4 Å². The third kappa shape index (κ3) is 4.10. The van der Waals surface area contributed by atoms with Gasteiger partial charge in [-0.25, -0.2) is 0 Å². The Bertz CT molecular complexity index is 566. The second-order valence-electron chi connectivity index (χ2n) is 6.68. The predicted molar refractivity (Wildman–Crippen MR) is 88.7 cm³/mol. The quantitative estimate of drug-likeness (QED) is 0.865. The molecule has 124 valence electrons. The summed E-state index contributed by atoms with van der Waals surface area (Å²) in [5.74, 6) is 0.720. The number of amides is 2. The number of nitrogens with zero attached hydrogens (tertiary/aromatic N) is 1. The molecule has 0 aromatic heterocycles. The smallest absolute Gasteiger partial charge is 0.253 e. The van der Waals surface area contributed by atoms with E-state index in [4.69, 9.17) is 5.73 Å². The summed E-state index contributed by atoms with van der Waals surface area (Å²) >= 11 is 0. The maximum Gasteiger partial charge on any atom is 0.253 e. The van der Waals surface area contributed by atoms with Crippen LogP contribution < -0.4 is 11.1 Å². The lowest BCUT2D eigenvalue weighted by molar-refractivity contribution is -0.126. The third-order valence-corrected chi connectivity index (χ3v) is 4.78. The van der Waals surface area contributed by atoms with Crippen LogP contribution in [0.1, 0.15) is 41.6 Å². The lowest BCUT2D eigenvalue weighted by Crippen LogP contribution is -2.45. The second-order valence-corrected chi connectivity index (χ2v) is 6.68. The van der Waals surface area contributed by atoms with Crippen molar-refractivity contribution >= 4 is 11.8 Å². The van der Waals surface area contributed by atoms with Gasteiger partial charge in [0.1, 0.15) is 0 Å². The van der Waals surface area contributed by atoms with Crippen molar-refractivity contribution in [3.63, 3.8) is 0 Å². The molecule has 0 spiro atoms. The summed E-state index contributed by atoms with van der Waals surface area (Å²) in [5, 5.41) is 3.04. The molecule has 1 atom stereocenters. The van der Waals surface area contributed by atoms with E-state index >= 15 is 0 Å². The van der Waals surface area contributed by atoms with Gasteiger partial charge in [-0.2, -0.15) is 0 Å². The summed E-state index contributed by atoms with van der Waals surface area (Å²) in [7, 11) is 0. The molecule has 5 heteroatoms. The summed E-state index contributed by atoms with van der Waals surface area (Å²) in [6.07, 6.45) is 4.21. The number of likely N-dealkylation sites (tertiary alicyclic amines) is 1. The molecular weight excluding hydrogens is 290 g/mol. The summed E-state index contributed by atoms with van der Waals surface area (Å²) in [6, 6.07) is 7.41. The largest absolute Gasteiger partial charge is 0.356 e. The molecule has 5 nitrogen and oxygen atoms in total. The van der Waals surface area contributed by atoms with E-state index in [1.807, 2.05) is 29.2 Å². The van der Waals surface area contributed by atoms with Crippen LogP contribution in [0.2, 0.25) is 0 Å².